The normalized spacial score (nSPS) is 11.5. The molecule has 256 valence electrons. The minimum Gasteiger partial charge on any atom is -0.465 e. The molecule has 0 amide bonds. The van der Waals surface area contributed by atoms with E-state index in [4.69, 9.17) is 14.6 Å². The molecule has 0 atom stereocenters. The molecule has 4 aromatic carbocycles. The Balaban J connectivity index is 1.60. The third-order valence-electron chi connectivity index (χ3n) is 9.11. The summed E-state index contributed by atoms with van der Waals surface area (Å²) in [5, 5.41) is 14.7. The summed E-state index contributed by atoms with van der Waals surface area (Å²) < 4.78 is 15.1. The second-order valence-electron chi connectivity index (χ2n) is 13.4. The largest absolute Gasteiger partial charge is 0.465 e. The minimum absolute atomic E-state index is 0.162. The molecule has 0 N–H and O–H groups in total. The Labute approximate surface area is 298 Å². The Kier molecular flexibility index (Phi) is 9.49. The van der Waals surface area contributed by atoms with Crippen molar-refractivity contribution >= 4 is 11.9 Å². The lowest BCUT2D eigenvalue weighted by Crippen LogP contribution is -2.38. The second-order valence-corrected chi connectivity index (χ2v) is 13.4. The maximum atomic E-state index is 13.9. The highest BCUT2D eigenvalue weighted by Gasteiger charge is 2.41. The van der Waals surface area contributed by atoms with Crippen LogP contribution in [0, 0.1) is 25.2 Å². The van der Waals surface area contributed by atoms with Crippen molar-refractivity contribution in [3.8, 4) is 17.2 Å². The van der Waals surface area contributed by atoms with Crippen LogP contribution in [-0.4, -0.2) is 39.0 Å². The molecule has 0 radical (unpaired) electrons. The molecule has 0 aliphatic rings. The van der Waals surface area contributed by atoms with E-state index in [9.17, 15) is 14.9 Å². The van der Waals surface area contributed by atoms with Crippen LogP contribution in [0.15, 0.2) is 121 Å². The van der Waals surface area contributed by atoms with E-state index in [0.717, 1.165) is 27.9 Å². The second kappa shape index (κ2) is 14.0. The molecule has 0 saturated heterocycles. The molecule has 8 heteroatoms. The highest BCUT2D eigenvalue weighted by Crippen LogP contribution is 2.41. The van der Waals surface area contributed by atoms with Crippen LogP contribution in [-0.2, 0) is 21.6 Å². The van der Waals surface area contributed by atoms with E-state index in [1.165, 1.54) is 7.11 Å². The molecule has 0 unspecified atom stereocenters. The van der Waals surface area contributed by atoms with Gasteiger partial charge < -0.3 is 14.0 Å². The average molecular weight is 677 g/mol. The number of carbonyl (C=O) groups is 2. The number of carbonyl (C=O) groups excluding carboxylic acids is 2. The van der Waals surface area contributed by atoms with Gasteiger partial charge in [0.05, 0.1) is 36.5 Å². The molecule has 0 saturated carbocycles. The topological polar surface area (TPSA) is 99.1 Å². The summed E-state index contributed by atoms with van der Waals surface area (Å²) in [6.07, 6.45) is 1.76. The number of nitrogens with zero attached hydrogens (tertiary/aromatic N) is 4. The highest BCUT2D eigenvalue weighted by atomic mass is 16.6. The van der Waals surface area contributed by atoms with Crippen molar-refractivity contribution in [1.29, 1.82) is 5.26 Å². The molecule has 0 spiro atoms. The Morgan fingerprint density at radius 3 is 1.71 bits per heavy atom. The smallest absolute Gasteiger partial charge is 0.341 e. The number of ether oxygens (including phenoxy) is 2. The number of benzene rings is 4. The summed E-state index contributed by atoms with van der Waals surface area (Å²) in [4.78, 5) is 27.4. The van der Waals surface area contributed by atoms with Gasteiger partial charge in [-0.15, -0.1) is 0 Å². The van der Waals surface area contributed by atoms with E-state index in [2.05, 4.69) is 42.5 Å². The quantitative estimate of drug-likeness (QED) is 0.113. The van der Waals surface area contributed by atoms with Gasteiger partial charge in [0.1, 0.15) is 16.7 Å². The van der Waals surface area contributed by atoms with Crippen molar-refractivity contribution in [1.82, 2.24) is 14.3 Å². The third-order valence-corrected chi connectivity index (χ3v) is 9.11. The molecule has 51 heavy (non-hydrogen) atoms. The van der Waals surface area contributed by atoms with Gasteiger partial charge in [-0.05, 0) is 69.0 Å². The monoisotopic (exact) mass is 676 g/mol. The van der Waals surface area contributed by atoms with E-state index >= 15 is 0 Å². The van der Waals surface area contributed by atoms with Crippen LogP contribution in [0.1, 0.15) is 80.8 Å². The lowest BCUT2D eigenvalue weighted by atomic mass is 9.77. The van der Waals surface area contributed by atoms with E-state index in [-0.39, 0.29) is 6.54 Å². The first kappa shape index (κ1) is 34.7. The van der Waals surface area contributed by atoms with Crippen LogP contribution >= 0.6 is 0 Å². The first-order chi connectivity index (χ1) is 24.5. The van der Waals surface area contributed by atoms with Crippen molar-refractivity contribution < 1.29 is 19.1 Å². The van der Waals surface area contributed by atoms with Crippen LogP contribution < -0.4 is 0 Å². The molecule has 0 aliphatic carbocycles. The van der Waals surface area contributed by atoms with Gasteiger partial charge in [-0.25, -0.2) is 9.59 Å². The van der Waals surface area contributed by atoms with E-state index in [0.29, 0.717) is 33.6 Å². The SMILES string of the molecule is COC(=O)c1cn(C(c2ccccc2)(c2ccccc2)c2ccccc2)nc1Cn1c(C)c(C(=O)OC(C)(C)C)c(-c2ccc(C#N)cc2)c1C. The molecule has 6 rings (SSSR count). The molecule has 2 aromatic heterocycles. The zero-order chi connectivity index (χ0) is 36.3. The molecule has 8 nitrogen and oxygen atoms in total. The van der Waals surface area contributed by atoms with Gasteiger partial charge in [-0.3, -0.25) is 4.68 Å². The summed E-state index contributed by atoms with van der Waals surface area (Å²) in [6, 6.07) is 39.6. The van der Waals surface area contributed by atoms with Crippen LogP contribution in [0.4, 0.5) is 0 Å². The Bertz CT molecular complexity index is 2120. The Morgan fingerprint density at radius 1 is 0.745 bits per heavy atom. The number of hydrogen-bond donors (Lipinski definition) is 0. The van der Waals surface area contributed by atoms with Gasteiger partial charge >= 0.3 is 11.9 Å². The molecular formula is C43H40N4O4. The predicted octanol–water partition coefficient (Wildman–Crippen LogP) is 8.47. The molecule has 6 aromatic rings. The fraction of sp³-hybridized carbons (Fsp3) is 0.209. The fourth-order valence-electron chi connectivity index (χ4n) is 6.83. The predicted molar refractivity (Wildman–Crippen MR) is 196 cm³/mol. The summed E-state index contributed by atoms with van der Waals surface area (Å²) in [6.45, 7) is 9.47. The van der Waals surface area contributed by atoms with Crippen LogP contribution in [0.3, 0.4) is 0 Å². The van der Waals surface area contributed by atoms with Crippen LogP contribution in [0.25, 0.3) is 11.1 Å². The highest BCUT2D eigenvalue weighted by molar-refractivity contribution is 6.00. The molecule has 0 fully saturated rings. The summed E-state index contributed by atoms with van der Waals surface area (Å²) >= 11 is 0. The third kappa shape index (κ3) is 6.47. The first-order valence-corrected chi connectivity index (χ1v) is 16.8. The maximum Gasteiger partial charge on any atom is 0.341 e. The fourth-order valence-corrected chi connectivity index (χ4v) is 6.83. The summed E-state index contributed by atoms with van der Waals surface area (Å²) in [5.74, 6) is -0.988. The number of methoxy groups -OCH3 is 1. The van der Waals surface area contributed by atoms with Gasteiger partial charge in [-0.2, -0.15) is 10.4 Å². The molecule has 2 heterocycles. The first-order valence-electron chi connectivity index (χ1n) is 16.8. The number of aromatic nitrogens is 3. The van der Waals surface area contributed by atoms with Crippen LogP contribution in [0.5, 0.6) is 0 Å². The van der Waals surface area contributed by atoms with Crippen molar-refractivity contribution in [3.05, 3.63) is 172 Å². The Morgan fingerprint density at radius 2 is 1.25 bits per heavy atom. The van der Waals surface area contributed by atoms with Crippen molar-refractivity contribution in [3.63, 3.8) is 0 Å². The van der Waals surface area contributed by atoms with Gasteiger partial charge in [-0.1, -0.05) is 103 Å². The van der Waals surface area contributed by atoms with E-state index in [1.807, 2.05) is 111 Å². The van der Waals surface area contributed by atoms with E-state index in [1.54, 1.807) is 18.3 Å². The Hall–Kier alpha value is -6.20. The van der Waals surface area contributed by atoms with Gasteiger partial charge in [0.2, 0.25) is 0 Å². The molecule has 0 aliphatic heterocycles. The standard InChI is InChI=1S/C43H40N4O4/c1-29-38(32-24-22-31(26-44)23-25-32)39(41(49)51-42(3,4)5)30(2)46(29)28-37-36(40(48)50-6)27-47(45-37)43(33-16-10-7-11-17-33,34-18-12-8-13-19-34)35-20-14-9-15-21-35/h7-25,27H,28H2,1-6H3. The van der Waals surface area contributed by atoms with Gasteiger partial charge in [0.15, 0.2) is 0 Å². The number of rotatable bonds is 9. The van der Waals surface area contributed by atoms with Gasteiger partial charge in [0, 0.05) is 23.1 Å². The number of nitriles is 1. The lowest BCUT2D eigenvalue weighted by molar-refractivity contribution is 0.00692. The maximum absolute atomic E-state index is 13.9. The summed E-state index contributed by atoms with van der Waals surface area (Å²) in [7, 11) is 1.36. The van der Waals surface area contributed by atoms with Crippen molar-refractivity contribution in [2.45, 2.75) is 52.3 Å². The van der Waals surface area contributed by atoms with Crippen molar-refractivity contribution in [2.75, 3.05) is 7.11 Å². The molecule has 0 bridgehead atoms. The number of hydrogen-bond acceptors (Lipinski definition) is 6. The van der Waals surface area contributed by atoms with Crippen LogP contribution in [0.2, 0.25) is 0 Å². The van der Waals surface area contributed by atoms with Crippen molar-refractivity contribution in [2.24, 2.45) is 0 Å². The molecular weight excluding hydrogens is 636 g/mol. The van der Waals surface area contributed by atoms with Gasteiger partial charge in [0.25, 0.3) is 0 Å². The minimum atomic E-state index is -0.957. The summed E-state index contributed by atoms with van der Waals surface area (Å²) in [5.41, 5.74) is 5.78. The zero-order valence-electron chi connectivity index (χ0n) is 29.7. The van der Waals surface area contributed by atoms with E-state index < -0.39 is 23.1 Å². The number of esters is 2. The average Bonchev–Trinajstić information content (AvgIpc) is 3.67. The zero-order valence-corrected chi connectivity index (χ0v) is 29.7. The lowest BCUT2D eigenvalue weighted by Gasteiger charge is -2.36.